The molecule has 0 bridgehead atoms. The van der Waals surface area contributed by atoms with Crippen molar-refractivity contribution in [1.82, 2.24) is 14.8 Å². The normalized spacial score (nSPS) is 11.4. The molecule has 1 aromatic carbocycles. The second kappa shape index (κ2) is 11.8. The summed E-state index contributed by atoms with van der Waals surface area (Å²) >= 11 is 4.37. The molecule has 4 aromatic rings. The van der Waals surface area contributed by atoms with Gasteiger partial charge in [0.05, 0.1) is 12.9 Å². The first-order valence-electron chi connectivity index (χ1n) is 12.3. The van der Waals surface area contributed by atoms with Gasteiger partial charge in [0.2, 0.25) is 5.91 Å². The molecular weight excluding hydrogens is 537 g/mol. The predicted octanol–water partition coefficient (Wildman–Crippen LogP) is 7.57. The van der Waals surface area contributed by atoms with E-state index in [9.17, 15) is 9.59 Å². The van der Waals surface area contributed by atoms with Crippen LogP contribution in [0.15, 0.2) is 40.2 Å². The minimum atomic E-state index is -0.481. The molecule has 7 nitrogen and oxygen atoms in total. The summed E-state index contributed by atoms with van der Waals surface area (Å²) in [4.78, 5) is 27.1. The van der Waals surface area contributed by atoms with Crippen molar-refractivity contribution >= 4 is 51.3 Å². The van der Waals surface area contributed by atoms with Crippen LogP contribution in [0.2, 0.25) is 0 Å². The molecule has 1 amide bonds. The van der Waals surface area contributed by atoms with E-state index in [1.807, 2.05) is 37.4 Å². The fourth-order valence-corrected chi connectivity index (χ4v) is 6.82. The first kappa shape index (κ1) is 28.1. The van der Waals surface area contributed by atoms with Crippen LogP contribution in [-0.4, -0.2) is 39.5 Å². The first-order chi connectivity index (χ1) is 18.1. The fourth-order valence-electron chi connectivity index (χ4n) is 4.08. The highest BCUT2D eigenvalue weighted by Crippen LogP contribution is 2.38. The number of rotatable bonds is 9. The largest absolute Gasteiger partial charge is 0.465 e. The zero-order valence-electron chi connectivity index (χ0n) is 22.6. The number of carbonyl (C=O) groups is 2. The van der Waals surface area contributed by atoms with Gasteiger partial charge in [0.1, 0.15) is 10.6 Å². The van der Waals surface area contributed by atoms with Crippen molar-refractivity contribution in [2.75, 3.05) is 18.2 Å². The van der Waals surface area contributed by atoms with Crippen LogP contribution in [0.25, 0.3) is 22.5 Å². The molecule has 0 saturated carbocycles. The molecule has 0 radical (unpaired) electrons. The zero-order valence-corrected chi connectivity index (χ0v) is 25.1. The number of hydrogen-bond acceptors (Lipinski definition) is 8. The molecule has 0 aliphatic heterocycles. The zero-order chi connectivity index (χ0) is 27.6. The number of aryl methyl sites for hydroxylation is 2. The molecule has 4 rings (SSSR count). The second-order valence-corrected chi connectivity index (χ2v) is 12.4. The van der Waals surface area contributed by atoms with Gasteiger partial charge in [-0.2, -0.15) is 0 Å². The van der Waals surface area contributed by atoms with Crippen molar-refractivity contribution < 1.29 is 14.3 Å². The number of amides is 1. The fraction of sp³-hybridized carbons (Fsp3) is 0.357. The van der Waals surface area contributed by atoms with Gasteiger partial charge in [-0.3, -0.25) is 9.36 Å². The molecule has 1 N–H and O–H groups in total. The van der Waals surface area contributed by atoms with Gasteiger partial charge in [-0.25, -0.2) is 4.79 Å². The quantitative estimate of drug-likeness (QED) is 0.165. The van der Waals surface area contributed by atoms with E-state index in [4.69, 9.17) is 4.74 Å². The number of thioether (sulfide) groups is 1. The van der Waals surface area contributed by atoms with Gasteiger partial charge in [-0.1, -0.05) is 49.4 Å². The van der Waals surface area contributed by atoms with Crippen molar-refractivity contribution in [2.45, 2.75) is 58.7 Å². The Morgan fingerprint density at radius 3 is 2.47 bits per heavy atom. The third-order valence-electron chi connectivity index (χ3n) is 6.08. The summed E-state index contributed by atoms with van der Waals surface area (Å²) in [5.41, 5.74) is 5.25. The predicted molar refractivity (Wildman–Crippen MR) is 158 cm³/mol. The standard InChI is InChI=1S/C28H32N4O3S3/c1-15(2)22-11-19(12-36-22)25-30-31-28(32(25)16(3)4)38-14-23(33)29-26-24(27(34)35-7)21(13-37-26)20-10-17(5)8-9-18(20)6/h8-13,15-16H,14H2,1-7H3,(H,29,33). The molecule has 0 unspecified atom stereocenters. The monoisotopic (exact) mass is 568 g/mol. The number of anilines is 1. The number of methoxy groups -OCH3 is 1. The minimum Gasteiger partial charge on any atom is -0.465 e. The molecule has 0 saturated heterocycles. The number of nitrogens with one attached hydrogen (secondary N) is 1. The molecular formula is C28H32N4O3S3. The maximum atomic E-state index is 13.0. The Kier molecular flexibility index (Phi) is 8.74. The van der Waals surface area contributed by atoms with Crippen molar-refractivity contribution in [3.05, 3.63) is 56.6 Å². The lowest BCUT2D eigenvalue weighted by atomic mass is 9.97. The van der Waals surface area contributed by atoms with E-state index < -0.39 is 5.97 Å². The van der Waals surface area contributed by atoms with E-state index in [1.165, 1.54) is 35.1 Å². The van der Waals surface area contributed by atoms with Crippen LogP contribution >= 0.6 is 34.4 Å². The lowest BCUT2D eigenvalue weighted by Gasteiger charge is -2.13. The number of carbonyl (C=O) groups excluding carboxylic acids is 2. The van der Waals surface area contributed by atoms with Crippen molar-refractivity contribution in [3.63, 3.8) is 0 Å². The number of nitrogens with zero attached hydrogens (tertiary/aromatic N) is 3. The minimum absolute atomic E-state index is 0.122. The highest BCUT2D eigenvalue weighted by molar-refractivity contribution is 7.99. The van der Waals surface area contributed by atoms with Gasteiger partial charge >= 0.3 is 5.97 Å². The van der Waals surface area contributed by atoms with E-state index in [0.29, 0.717) is 21.6 Å². The number of hydrogen-bond donors (Lipinski definition) is 1. The van der Waals surface area contributed by atoms with Gasteiger partial charge in [0, 0.05) is 32.8 Å². The summed E-state index contributed by atoms with van der Waals surface area (Å²) in [6, 6.07) is 8.39. The van der Waals surface area contributed by atoms with Crippen molar-refractivity contribution in [1.29, 1.82) is 0 Å². The Bertz CT molecular complexity index is 1470. The van der Waals surface area contributed by atoms with Crippen molar-refractivity contribution in [2.24, 2.45) is 0 Å². The van der Waals surface area contributed by atoms with Gasteiger partial charge in [-0.15, -0.1) is 32.9 Å². The van der Waals surface area contributed by atoms with Crippen LogP contribution in [0.3, 0.4) is 0 Å². The average Bonchev–Trinajstić information content (AvgIpc) is 3.61. The van der Waals surface area contributed by atoms with Crippen LogP contribution in [-0.2, 0) is 9.53 Å². The van der Waals surface area contributed by atoms with E-state index in [0.717, 1.165) is 33.6 Å². The van der Waals surface area contributed by atoms with Gasteiger partial charge in [0.15, 0.2) is 11.0 Å². The van der Waals surface area contributed by atoms with Gasteiger partial charge in [-0.05, 0) is 50.8 Å². The SMILES string of the molecule is COC(=O)c1c(-c2cc(C)ccc2C)csc1NC(=O)CSc1nnc(-c2csc(C(C)C)c2)n1C(C)C. The third-order valence-corrected chi connectivity index (χ3v) is 9.15. The number of aromatic nitrogens is 3. The van der Waals surface area contributed by atoms with Gasteiger partial charge in [0.25, 0.3) is 0 Å². The third kappa shape index (κ3) is 5.87. The Morgan fingerprint density at radius 2 is 1.82 bits per heavy atom. The molecule has 38 heavy (non-hydrogen) atoms. The Hall–Kier alpha value is -2.95. The van der Waals surface area contributed by atoms with E-state index in [-0.39, 0.29) is 17.7 Å². The topological polar surface area (TPSA) is 86.1 Å². The molecule has 3 aromatic heterocycles. The maximum Gasteiger partial charge on any atom is 0.341 e. The molecule has 0 aliphatic rings. The number of esters is 1. The maximum absolute atomic E-state index is 13.0. The van der Waals surface area contributed by atoms with Crippen LogP contribution in [0.5, 0.6) is 0 Å². The molecule has 10 heteroatoms. The summed E-state index contributed by atoms with van der Waals surface area (Å²) in [6.07, 6.45) is 0. The van der Waals surface area contributed by atoms with Crippen molar-refractivity contribution in [3.8, 4) is 22.5 Å². The molecule has 3 heterocycles. The Morgan fingerprint density at radius 1 is 1.05 bits per heavy atom. The summed E-state index contributed by atoms with van der Waals surface area (Å²) in [5, 5.41) is 16.9. The summed E-state index contributed by atoms with van der Waals surface area (Å²) in [7, 11) is 1.35. The van der Waals surface area contributed by atoms with E-state index in [1.54, 1.807) is 11.3 Å². The van der Waals surface area contributed by atoms with Crippen LogP contribution in [0, 0.1) is 13.8 Å². The molecule has 0 fully saturated rings. The molecule has 0 aliphatic carbocycles. The van der Waals surface area contributed by atoms with E-state index in [2.05, 4.69) is 59.2 Å². The van der Waals surface area contributed by atoms with Crippen LogP contribution in [0.1, 0.15) is 66.0 Å². The summed E-state index contributed by atoms with van der Waals surface area (Å²) in [5.74, 6) is 0.667. The lowest BCUT2D eigenvalue weighted by molar-refractivity contribution is -0.113. The van der Waals surface area contributed by atoms with Crippen LogP contribution in [0.4, 0.5) is 5.00 Å². The smallest absolute Gasteiger partial charge is 0.341 e. The Balaban J connectivity index is 1.54. The lowest BCUT2D eigenvalue weighted by Crippen LogP contribution is -2.16. The number of benzene rings is 1. The summed E-state index contributed by atoms with van der Waals surface area (Å²) < 4.78 is 7.14. The first-order valence-corrected chi connectivity index (χ1v) is 15.1. The van der Waals surface area contributed by atoms with Gasteiger partial charge < -0.3 is 10.1 Å². The highest BCUT2D eigenvalue weighted by atomic mass is 32.2. The molecule has 200 valence electrons. The average molecular weight is 569 g/mol. The Labute approximate surface area is 235 Å². The number of thiophene rings is 2. The number of ether oxygens (including phenoxy) is 1. The van der Waals surface area contributed by atoms with Crippen LogP contribution < -0.4 is 5.32 Å². The highest BCUT2D eigenvalue weighted by Gasteiger charge is 2.24. The second-order valence-electron chi connectivity index (χ2n) is 9.66. The summed E-state index contributed by atoms with van der Waals surface area (Å²) in [6.45, 7) is 12.5. The van der Waals surface area contributed by atoms with E-state index >= 15 is 0 Å². The molecule has 0 atom stereocenters. The molecule has 0 spiro atoms.